The number of likely N-dealkylation sites (tertiary alicyclic amines) is 1. The fraction of sp³-hybridized carbons (Fsp3) is 0.375. The molecule has 1 atom stereocenters. The van der Waals surface area contributed by atoms with Crippen LogP contribution in [0.5, 0.6) is 0 Å². The third-order valence-corrected chi connectivity index (χ3v) is 3.91. The van der Waals surface area contributed by atoms with Crippen LogP contribution in [0.15, 0.2) is 36.9 Å². The average Bonchev–Trinajstić information content (AvgIpc) is 2.56. The highest BCUT2D eigenvalue weighted by Gasteiger charge is 2.23. The lowest BCUT2D eigenvalue weighted by atomic mass is 9.94. The Morgan fingerprint density at radius 2 is 2.10 bits per heavy atom. The Labute approximate surface area is 124 Å². The molecule has 5 nitrogen and oxygen atoms in total. The lowest BCUT2D eigenvalue weighted by Gasteiger charge is -2.31. The molecule has 0 aliphatic carbocycles. The SMILES string of the molecule is CC(=O)N1CCCC(c2cccc(-c3cncnc3)n2)C1. The van der Waals surface area contributed by atoms with Gasteiger partial charge in [-0.15, -0.1) is 0 Å². The number of amides is 1. The van der Waals surface area contributed by atoms with Gasteiger partial charge in [-0.1, -0.05) is 6.07 Å². The van der Waals surface area contributed by atoms with Crippen molar-refractivity contribution < 1.29 is 4.79 Å². The summed E-state index contributed by atoms with van der Waals surface area (Å²) in [5.74, 6) is 0.458. The molecule has 5 heteroatoms. The van der Waals surface area contributed by atoms with E-state index in [4.69, 9.17) is 4.98 Å². The Morgan fingerprint density at radius 3 is 2.86 bits per heavy atom. The van der Waals surface area contributed by atoms with Crippen molar-refractivity contribution in [3.8, 4) is 11.3 Å². The summed E-state index contributed by atoms with van der Waals surface area (Å²) in [4.78, 5) is 26.3. The molecule has 3 heterocycles. The molecule has 0 aromatic carbocycles. The van der Waals surface area contributed by atoms with Gasteiger partial charge in [-0.25, -0.2) is 9.97 Å². The molecular weight excluding hydrogens is 264 g/mol. The topological polar surface area (TPSA) is 59.0 Å². The van der Waals surface area contributed by atoms with Crippen molar-refractivity contribution in [3.63, 3.8) is 0 Å². The Hall–Kier alpha value is -2.30. The van der Waals surface area contributed by atoms with Gasteiger partial charge in [0.1, 0.15) is 6.33 Å². The molecule has 0 radical (unpaired) electrons. The van der Waals surface area contributed by atoms with Crippen LogP contribution in [-0.4, -0.2) is 38.8 Å². The zero-order valence-electron chi connectivity index (χ0n) is 12.1. The van der Waals surface area contributed by atoms with E-state index in [2.05, 4.69) is 9.97 Å². The first kappa shape index (κ1) is 13.7. The summed E-state index contributed by atoms with van der Waals surface area (Å²) < 4.78 is 0. The van der Waals surface area contributed by atoms with Crippen molar-refractivity contribution in [1.29, 1.82) is 0 Å². The molecule has 1 amide bonds. The highest BCUT2D eigenvalue weighted by molar-refractivity contribution is 5.73. The quantitative estimate of drug-likeness (QED) is 0.847. The van der Waals surface area contributed by atoms with Crippen LogP contribution in [0.4, 0.5) is 0 Å². The van der Waals surface area contributed by atoms with Gasteiger partial charge >= 0.3 is 0 Å². The van der Waals surface area contributed by atoms with Crippen molar-refractivity contribution in [2.75, 3.05) is 13.1 Å². The second-order valence-electron chi connectivity index (χ2n) is 5.38. The minimum atomic E-state index is 0.146. The predicted octanol–water partition coefficient (Wildman–Crippen LogP) is 2.26. The number of hydrogen-bond donors (Lipinski definition) is 0. The summed E-state index contributed by atoms with van der Waals surface area (Å²) in [5, 5.41) is 0. The van der Waals surface area contributed by atoms with Crippen molar-refractivity contribution >= 4 is 5.91 Å². The molecule has 1 aliphatic rings. The molecule has 1 fully saturated rings. The Kier molecular flexibility index (Phi) is 3.90. The Morgan fingerprint density at radius 1 is 1.29 bits per heavy atom. The van der Waals surface area contributed by atoms with Gasteiger partial charge in [0.05, 0.1) is 5.69 Å². The summed E-state index contributed by atoms with van der Waals surface area (Å²) in [6, 6.07) is 6.02. The number of aromatic nitrogens is 3. The fourth-order valence-corrected chi connectivity index (χ4v) is 2.78. The van der Waals surface area contributed by atoms with Gasteiger partial charge in [-0.2, -0.15) is 0 Å². The van der Waals surface area contributed by atoms with Gasteiger partial charge < -0.3 is 4.90 Å². The van der Waals surface area contributed by atoms with E-state index >= 15 is 0 Å². The van der Waals surface area contributed by atoms with Gasteiger partial charge in [-0.3, -0.25) is 9.78 Å². The average molecular weight is 282 g/mol. The molecule has 108 valence electrons. The minimum absolute atomic E-state index is 0.146. The molecule has 0 saturated carbocycles. The van der Waals surface area contributed by atoms with Gasteiger partial charge in [0, 0.05) is 49.6 Å². The molecule has 1 saturated heterocycles. The smallest absolute Gasteiger partial charge is 0.219 e. The number of nitrogens with zero attached hydrogens (tertiary/aromatic N) is 4. The largest absolute Gasteiger partial charge is 0.342 e. The third-order valence-electron chi connectivity index (χ3n) is 3.91. The zero-order chi connectivity index (χ0) is 14.7. The lowest BCUT2D eigenvalue weighted by molar-refractivity contribution is -0.130. The summed E-state index contributed by atoms with van der Waals surface area (Å²) >= 11 is 0. The highest BCUT2D eigenvalue weighted by atomic mass is 16.2. The first-order valence-electron chi connectivity index (χ1n) is 7.22. The maximum Gasteiger partial charge on any atom is 0.219 e. The van der Waals surface area contributed by atoms with Crippen LogP contribution >= 0.6 is 0 Å². The van der Waals surface area contributed by atoms with Gasteiger partial charge in [0.2, 0.25) is 5.91 Å². The van der Waals surface area contributed by atoms with E-state index in [-0.39, 0.29) is 5.91 Å². The van der Waals surface area contributed by atoms with Crippen LogP contribution < -0.4 is 0 Å². The molecule has 0 bridgehead atoms. The van der Waals surface area contributed by atoms with E-state index in [0.29, 0.717) is 5.92 Å². The molecule has 3 rings (SSSR count). The minimum Gasteiger partial charge on any atom is -0.342 e. The highest BCUT2D eigenvalue weighted by Crippen LogP contribution is 2.27. The molecule has 2 aromatic rings. The van der Waals surface area contributed by atoms with Crippen molar-refractivity contribution in [1.82, 2.24) is 19.9 Å². The van der Waals surface area contributed by atoms with Crippen LogP contribution in [0.3, 0.4) is 0 Å². The zero-order valence-corrected chi connectivity index (χ0v) is 12.1. The van der Waals surface area contributed by atoms with E-state index in [0.717, 1.165) is 42.9 Å². The first-order valence-corrected chi connectivity index (χ1v) is 7.22. The lowest BCUT2D eigenvalue weighted by Crippen LogP contribution is -2.37. The van der Waals surface area contributed by atoms with Gasteiger partial charge in [0.15, 0.2) is 0 Å². The van der Waals surface area contributed by atoms with E-state index in [1.165, 1.54) is 6.33 Å². The predicted molar refractivity (Wildman–Crippen MR) is 79.5 cm³/mol. The number of piperidine rings is 1. The fourth-order valence-electron chi connectivity index (χ4n) is 2.78. The summed E-state index contributed by atoms with van der Waals surface area (Å²) in [5.41, 5.74) is 2.84. The second kappa shape index (κ2) is 5.99. The van der Waals surface area contributed by atoms with Gasteiger partial charge in [-0.05, 0) is 25.0 Å². The molecule has 0 N–H and O–H groups in total. The van der Waals surface area contributed by atoms with Crippen LogP contribution in [-0.2, 0) is 4.79 Å². The monoisotopic (exact) mass is 282 g/mol. The molecule has 21 heavy (non-hydrogen) atoms. The van der Waals surface area contributed by atoms with Gasteiger partial charge in [0.25, 0.3) is 0 Å². The maximum absolute atomic E-state index is 11.6. The number of hydrogen-bond acceptors (Lipinski definition) is 4. The molecule has 0 spiro atoms. The van der Waals surface area contributed by atoms with E-state index < -0.39 is 0 Å². The number of carbonyl (C=O) groups excluding carboxylic acids is 1. The number of carbonyl (C=O) groups is 1. The Bertz CT molecular complexity index is 629. The van der Waals surface area contributed by atoms with E-state index in [1.807, 2.05) is 23.1 Å². The van der Waals surface area contributed by atoms with Crippen molar-refractivity contribution in [2.24, 2.45) is 0 Å². The normalized spacial score (nSPS) is 18.5. The Balaban J connectivity index is 1.84. The third kappa shape index (κ3) is 3.07. The van der Waals surface area contributed by atoms with E-state index in [9.17, 15) is 4.79 Å². The summed E-state index contributed by atoms with van der Waals surface area (Å²) in [6.45, 7) is 3.25. The summed E-state index contributed by atoms with van der Waals surface area (Å²) in [7, 11) is 0. The van der Waals surface area contributed by atoms with Crippen LogP contribution in [0.2, 0.25) is 0 Å². The van der Waals surface area contributed by atoms with Crippen LogP contribution in [0.1, 0.15) is 31.4 Å². The second-order valence-corrected chi connectivity index (χ2v) is 5.38. The molecular formula is C16H18N4O. The molecule has 2 aromatic heterocycles. The summed E-state index contributed by atoms with van der Waals surface area (Å²) in [6.07, 6.45) is 7.15. The molecule has 1 unspecified atom stereocenters. The molecule has 1 aliphatic heterocycles. The first-order chi connectivity index (χ1) is 10.2. The maximum atomic E-state index is 11.6. The van der Waals surface area contributed by atoms with E-state index in [1.54, 1.807) is 19.3 Å². The van der Waals surface area contributed by atoms with Crippen LogP contribution in [0.25, 0.3) is 11.3 Å². The number of pyridine rings is 1. The van der Waals surface area contributed by atoms with Crippen molar-refractivity contribution in [2.45, 2.75) is 25.7 Å². The van der Waals surface area contributed by atoms with Crippen LogP contribution in [0, 0.1) is 0 Å². The standard InChI is InChI=1S/C16H18N4O/c1-12(21)20-7-3-4-13(10-20)15-5-2-6-16(19-15)14-8-17-11-18-9-14/h2,5-6,8-9,11,13H,3-4,7,10H2,1H3. The van der Waals surface area contributed by atoms with Crippen molar-refractivity contribution in [3.05, 3.63) is 42.6 Å². The number of rotatable bonds is 2.